The van der Waals surface area contributed by atoms with Crippen LogP contribution in [0.4, 0.5) is 0 Å². The van der Waals surface area contributed by atoms with Crippen LogP contribution in [0.3, 0.4) is 0 Å². The van der Waals surface area contributed by atoms with E-state index in [0.29, 0.717) is 19.4 Å². The van der Waals surface area contributed by atoms with Crippen LogP contribution < -0.4 is 0 Å². The van der Waals surface area contributed by atoms with Gasteiger partial charge in [-0.2, -0.15) is 0 Å². The van der Waals surface area contributed by atoms with E-state index in [4.69, 9.17) is 9.05 Å². The third kappa shape index (κ3) is 33.1. The van der Waals surface area contributed by atoms with Crippen LogP contribution in [0.1, 0.15) is 226 Å². The Bertz CT molecular complexity index is 500. The van der Waals surface area contributed by atoms with Gasteiger partial charge in [-0.15, -0.1) is 0 Å². The molecule has 0 aromatic rings. The molecule has 0 aliphatic heterocycles. The zero-order valence-electron chi connectivity index (χ0n) is 29.4. The summed E-state index contributed by atoms with van der Waals surface area (Å²) >= 11 is 0. The van der Waals surface area contributed by atoms with Crippen LogP contribution in [0.15, 0.2) is 0 Å². The largest absolute Gasteiger partial charge is 0.330 e. The summed E-state index contributed by atoms with van der Waals surface area (Å²) in [7, 11) is -2.93. The normalized spacial score (nSPS) is 12.0. The molecule has 42 heavy (non-hydrogen) atoms. The van der Waals surface area contributed by atoms with Crippen LogP contribution in [0, 0.1) is 0 Å². The third-order valence-corrected chi connectivity index (χ3v) is 10.9. The Morgan fingerprint density at radius 1 is 0.310 bits per heavy atom. The van der Waals surface area contributed by atoms with Crippen molar-refractivity contribution in [1.82, 2.24) is 0 Å². The van der Waals surface area contributed by atoms with Crippen molar-refractivity contribution in [3.8, 4) is 0 Å². The molecule has 0 spiro atoms. The summed E-state index contributed by atoms with van der Waals surface area (Å²) in [5.74, 6) is 0. The molecule has 0 aliphatic carbocycles. The summed E-state index contributed by atoms with van der Waals surface area (Å²) in [4.78, 5) is 0. The predicted molar refractivity (Wildman–Crippen MR) is 189 cm³/mol. The van der Waals surface area contributed by atoms with E-state index in [1.807, 2.05) is 0 Å². The van der Waals surface area contributed by atoms with Gasteiger partial charge >= 0.3 is 7.60 Å². The van der Waals surface area contributed by atoms with Crippen LogP contribution in [0.5, 0.6) is 0 Å². The van der Waals surface area contributed by atoms with Gasteiger partial charge in [0, 0.05) is 0 Å². The van der Waals surface area contributed by atoms with Gasteiger partial charge in [0.2, 0.25) is 0 Å². The molecule has 0 aromatic heterocycles. The fraction of sp³-hybridized carbons (Fsp3) is 1.00. The molecule has 0 bridgehead atoms. The smallest absolute Gasteiger partial charge is 0.309 e. The Labute approximate surface area is 266 Å². The number of hydrogen-bond acceptors (Lipinski definition) is 3. The topological polar surface area (TPSA) is 35.5 Å². The van der Waals surface area contributed by atoms with E-state index in [1.165, 1.54) is 180 Å². The highest BCUT2D eigenvalue weighted by Crippen LogP contribution is 2.49. The van der Waals surface area contributed by atoms with Crippen molar-refractivity contribution in [2.24, 2.45) is 0 Å². The van der Waals surface area contributed by atoms with Crippen LogP contribution in [0.25, 0.3) is 0 Å². The van der Waals surface area contributed by atoms with Crippen LogP contribution in [-0.4, -0.2) is 19.4 Å². The zero-order valence-corrected chi connectivity index (χ0v) is 30.3. The summed E-state index contributed by atoms with van der Waals surface area (Å²) in [5, 5.41) is 0. The molecule has 254 valence electrons. The van der Waals surface area contributed by atoms with Gasteiger partial charge in [-0.25, -0.2) is 0 Å². The highest BCUT2D eigenvalue weighted by Gasteiger charge is 2.23. The molecule has 0 aromatic carbocycles. The lowest BCUT2D eigenvalue weighted by atomic mass is 10.0. The fourth-order valence-corrected chi connectivity index (χ4v) is 7.66. The molecule has 0 saturated heterocycles. The first kappa shape index (κ1) is 42.1. The SMILES string of the molecule is CCCCCCCCCCCCCCCCOP(=O)(CCCCCC)OCCCCCCCCCCCCCCCC. The van der Waals surface area contributed by atoms with Crippen molar-refractivity contribution in [3.05, 3.63) is 0 Å². The van der Waals surface area contributed by atoms with E-state index in [9.17, 15) is 4.57 Å². The summed E-state index contributed by atoms with van der Waals surface area (Å²) in [6.07, 6.45) is 42.9. The zero-order chi connectivity index (χ0) is 30.7. The predicted octanol–water partition coefficient (Wildman–Crippen LogP) is 14.8. The lowest BCUT2D eigenvalue weighted by Crippen LogP contribution is -2.03. The molecule has 3 nitrogen and oxygen atoms in total. The van der Waals surface area contributed by atoms with E-state index in [0.717, 1.165) is 25.7 Å². The average Bonchev–Trinajstić information content (AvgIpc) is 2.99. The number of unbranched alkanes of at least 4 members (excludes halogenated alkanes) is 29. The van der Waals surface area contributed by atoms with Gasteiger partial charge < -0.3 is 9.05 Å². The molecule has 0 N–H and O–H groups in total. The van der Waals surface area contributed by atoms with E-state index in [-0.39, 0.29) is 0 Å². The van der Waals surface area contributed by atoms with Gasteiger partial charge in [0.1, 0.15) is 0 Å². The van der Waals surface area contributed by atoms with Gasteiger partial charge in [0.15, 0.2) is 0 Å². The molecule has 0 amide bonds. The molecule has 0 heterocycles. The maximum Gasteiger partial charge on any atom is 0.330 e. The monoisotopic (exact) mass is 615 g/mol. The summed E-state index contributed by atoms with van der Waals surface area (Å²) in [6, 6.07) is 0. The van der Waals surface area contributed by atoms with Crippen LogP contribution in [-0.2, 0) is 13.6 Å². The second kappa shape index (κ2) is 35.6. The van der Waals surface area contributed by atoms with Crippen molar-refractivity contribution in [2.75, 3.05) is 19.4 Å². The Morgan fingerprint density at radius 3 is 0.786 bits per heavy atom. The molecule has 0 fully saturated rings. The Morgan fingerprint density at radius 2 is 0.524 bits per heavy atom. The molecular formula is C38H79O3P. The highest BCUT2D eigenvalue weighted by molar-refractivity contribution is 7.53. The minimum atomic E-state index is -2.93. The molecule has 0 radical (unpaired) electrons. The van der Waals surface area contributed by atoms with Crippen molar-refractivity contribution in [1.29, 1.82) is 0 Å². The van der Waals surface area contributed by atoms with Crippen molar-refractivity contribution in [3.63, 3.8) is 0 Å². The number of hydrogen-bond donors (Lipinski definition) is 0. The second-order valence-corrected chi connectivity index (χ2v) is 15.4. The van der Waals surface area contributed by atoms with Crippen molar-refractivity contribution >= 4 is 7.60 Å². The summed E-state index contributed by atoms with van der Waals surface area (Å²) in [5.41, 5.74) is 0. The van der Waals surface area contributed by atoms with Crippen molar-refractivity contribution in [2.45, 2.75) is 226 Å². The third-order valence-electron chi connectivity index (χ3n) is 8.86. The highest BCUT2D eigenvalue weighted by atomic mass is 31.2. The van der Waals surface area contributed by atoms with E-state index < -0.39 is 7.60 Å². The molecule has 0 aliphatic rings. The fourth-order valence-electron chi connectivity index (χ4n) is 5.90. The van der Waals surface area contributed by atoms with Gasteiger partial charge in [0.05, 0.1) is 19.4 Å². The van der Waals surface area contributed by atoms with Gasteiger partial charge in [-0.1, -0.05) is 207 Å². The maximum absolute atomic E-state index is 13.4. The van der Waals surface area contributed by atoms with Crippen molar-refractivity contribution < 1.29 is 13.6 Å². The second-order valence-electron chi connectivity index (χ2n) is 13.3. The molecule has 0 rings (SSSR count). The van der Waals surface area contributed by atoms with Gasteiger partial charge in [-0.3, -0.25) is 4.57 Å². The Balaban J connectivity index is 3.77. The quantitative estimate of drug-likeness (QED) is 0.0516. The molecule has 0 unspecified atom stereocenters. The molecule has 0 atom stereocenters. The Hall–Kier alpha value is 0.150. The minimum absolute atomic E-state index is 0.599. The van der Waals surface area contributed by atoms with E-state index in [2.05, 4.69) is 20.8 Å². The number of rotatable bonds is 37. The first-order valence-electron chi connectivity index (χ1n) is 19.6. The first-order chi connectivity index (χ1) is 20.7. The Kier molecular flexibility index (Phi) is 35.8. The average molecular weight is 615 g/mol. The standard InChI is InChI=1S/C38H79O3P/c1-4-7-10-13-15-17-19-21-23-25-27-29-31-33-36-40-42(39,38-35-12-9-6-3)41-37-34-32-30-28-26-24-22-20-18-16-14-11-8-5-2/h4-38H2,1-3H3. The van der Waals surface area contributed by atoms with Gasteiger partial charge in [0.25, 0.3) is 0 Å². The first-order valence-corrected chi connectivity index (χ1v) is 21.3. The lowest BCUT2D eigenvalue weighted by Gasteiger charge is -2.19. The molecule has 0 saturated carbocycles. The molecule has 4 heteroatoms. The summed E-state index contributed by atoms with van der Waals surface area (Å²) in [6.45, 7) is 8.00. The lowest BCUT2D eigenvalue weighted by molar-refractivity contribution is 0.197. The van der Waals surface area contributed by atoms with Crippen LogP contribution >= 0.6 is 7.60 Å². The van der Waals surface area contributed by atoms with E-state index >= 15 is 0 Å². The van der Waals surface area contributed by atoms with Crippen LogP contribution in [0.2, 0.25) is 0 Å². The molecular weight excluding hydrogens is 535 g/mol. The maximum atomic E-state index is 13.4. The minimum Gasteiger partial charge on any atom is -0.309 e. The summed E-state index contributed by atoms with van der Waals surface area (Å²) < 4.78 is 25.3. The van der Waals surface area contributed by atoms with E-state index in [1.54, 1.807) is 0 Å². The van der Waals surface area contributed by atoms with Gasteiger partial charge in [-0.05, 0) is 19.3 Å².